The fourth-order valence-electron chi connectivity index (χ4n) is 2.14. The van der Waals surface area contributed by atoms with E-state index in [0.29, 0.717) is 16.5 Å². The fourth-order valence-corrected chi connectivity index (χ4v) is 2.75. The summed E-state index contributed by atoms with van der Waals surface area (Å²) in [6, 6.07) is 14.8. The van der Waals surface area contributed by atoms with Crippen molar-refractivity contribution in [1.82, 2.24) is 15.2 Å². The topological polar surface area (TPSA) is 77.0 Å². The van der Waals surface area contributed by atoms with Crippen LogP contribution in [0.5, 0.6) is 5.75 Å². The van der Waals surface area contributed by atoms with Crippen molar-refractivity contribution in [3.8, 4) is 17.0 Å². The summed E-state index contributed by atoms with van der Waals surface area (Å²) in [6.45, 7) is 0. The van der Waals surface area contributed by atoms with Crippen LogP contribution in [0.25, 0.3) is 11.3 Å². The van der Waals surface area contributed by atoms with E-state index in [0.717, 1.165) is 11.3 Å². The van der Waals surface area contributed by atoms with Crippen molar-refractivity contribution in [3.05, 3.63) is 60.9 Å². The largest absolute Gasteiger partial charge is 0.495 e. The molecule has 0 aliphatic rings. The van der Waals surface area contributed by atoms with Gasteiger partial charge >= 0.3 is 0 Å². The van der Waals surface area contributed by atoms with E-state index >= 15 is 0 Å². The number of nitrogens with zero attached hydrogens (tertiary/aromatic N) is 3. The Morgan fingerprint density at radius 3 is 2.72 bits per heavy atom. The van der Waals surface area contributed by atoms with Gasteiger partial charge in [0.05, 0.1) is 24.2 Å². The zero-order chi connectivity index (χ0) is 17.5. The third kappa shape index (κ3) is 4.54. The quantitative estimate of drug-likeness (QED) is 0.686. The highest BCUT2D eigenvalue weighted by atomic mass is 32.2. The number of anilines is 1. The number of benzene rings is 1. The van der Waals surface area contributed by atoms with Gasteiger partial charge in [0, 0.05) is 18.0 Å². The predicted molar refractivity (Wildman–Crippen MR) is 97.6 cm³/mol. The second-order valence-electron chi connectivity index (χ2n) is 5.04. The van der Waals surface area contributed by atoms with Gasteiger partial charge in [-0.1, -0.05) is 23.9 Å². The molecule has 0 aliphatic heterocycles. The molecular formula is C18H16N4O2S. The highest BCUT2D eigenvalue weighted by Crippen LogP contribution is 2.24. The van der Waals surface area contributed by atoms with Crippen molar-refractivity contribution in [2.75, 3.05) is 18.2 Å². The lowest BCUT2D eigenvalue weighted by molar-refractivity contribution is -0.113. The lowest BCUT2D eigenvalue weighted by Crippen LogP contribution is -2.14. The first-order valence-electron chi connectivity index (χ1n) is 7.56. The molecule has 0 atom stereocenters. The van der Waals surface area contributed by atoms with E-state index in [1.54, 1.807) is 31.6 Å². The number of rotatable bonds is 6. The summed E-state index contributed by atoms with van der Waals surface area (Å²) in [7, 11) is 1.57. The zero-order valence-electron chi connectivity index (χ0n) is 13.5. The molecule has 126 valence electrons. The smallest absolute Gasteiger partial charge is 0.234 e. The van der Waals surface area contributed by atoms with Crippen LogP contribution in [0.2, 0.25) is 0 Å². The first-order chi connectivity index (χ1) is 12.3. The first-order valence-corrected chi connectivity index (χ1v) is 8.54. The number of carbonyl (C=O) groups is 1. The summed E-state index contributed by atoms with van der Waals surface area (Å²) in [6.07, 6.45) is 3.44. The molecular weight excluding hydrogens is 336 g/mol. The Labute approximate surface area is 149 Å². The second-order valence-corrected chi connectivity index (χ2v) is 6.03. The molecule has 2 heterocycles. The molecule has 0 bridgehead atoms. The molecule has 0 saturated heterocycles. The Morgan fingerprint density at radius 2 is 2.00 bits per heavy atom. The number of pyridine rings is 1. The van der Waals surface area contributed by atoms with Crippen LogP contribution < -0.4 is 10.1 Å². The van der Waals surface area contributed by atoms with Crippen LogP contribution in [0.15, 0.2) is 66.0 Å². The standard InChI is InChI=1S/C18H16N4O2S/c1-24-16-7-3-2-6-15(16)20-17(23)12-25-18-9-8-14(21-22-18)13-5-4-10-19-11-13/h2-11H,12H2,1H3,(H,20,23). The van der Waals surface area contributed by atoms with Crippen LogP contribution in [0.1, 0.15) is 0 Å². The van der Waals surface area contributed by atoms with E-state index < -0.39 is 0 Å². The van der Waals surface area contributed by atoms with Gasteiger partial charge in [0.1, 0.15) is 10.8 Å². The van der Waals surface area contributed by atoms with Crippen molar-refractivity contribution >= 4 is 23.4 Å². The van der Waals surface area contributed by atoms with E-state index in [4.69, 9.17) is 4.74 Å². The Bertz CT molecular complexity index is 841. The second kappa shape index (κ2) is 8.25. The number of carbonyl (C=O) groups excluding carboxylic acids is 1. The van der Waals surface area contributed by atoms with Gasteiger partial charge in [0.25, 0.3) is 0 Å². The molecule has 0 fully saturated rings. The Kier molecular flexibility index (Phi) is 5.58. The summed E-state index contributed by atoms with van der Waals surface area (Å²) in [5.74, 6) is 0.730. The van der Waals surface area contributed by atoms with E-state index in [9.17, 15) is 4.79 Å². The normalized spacial score (nSPS) is 10.3. The van der Waals surface area contributed by atoms with Crippen molar-refractivity contribution in [2.45, 2.75) is 5.03 Å². The van der Waals surface area contributed by atoms with Gasteiger partial charge in [0.15, 0.2) is 0 Å². The number of ether oxygens (including phenoxy) is 1. The van der Waals surface area contributed by atoms with Crippen LogP contribution in [0, 0.1) is 0 Å². The third-order valence-electron chi connectivity index (χ3n) is 3.33. The molecule has 25 heavy (non-hydrogen) atoms. The summed E-state index contributed by atoms with van der Waals surface area (Å²) in [5, 5.41) is 11.8. The van der Waals surface area contributed by atoms with E-state index in [2.05, 4.69) is 20.5 Å². The summed E-state index contributed by atoms with van der Waals surface area (Å²) >= 11 is 1.32. The molecule has 0 radical (unpaired) electrons. The Hall–Kier alpha value is -2.93. The van der Waals surface area contributed by atoms with Crippen LogP contribution >= 0.6 is 11.8 Å². The first kappa shape index (κ1) is 16.9. The van der Waals surface area contributed by atoms with Gasteiger partial charge in [0.2, 0.25) is 5.91 Å². The molecule has 3 rings (SSSR count). The van der Waals surface area contributed by atoms with Crippen LogP contribution in [-0.2, 0) is 4.79 Å². The molecule has 0 aliphatic carbocycles. The van der Waals surface area contributed by atoms with Crippen molar-refractivity contribution in [3.63, 3.8) is 0 Å². The monoisotopic (exact) mass is 352 g/mol. The lowest BCUT2D eigenvalue weighted by Gasteiger charge is -2.09. The highest BCUT2D eigenvalue weighted by Gasteiger charge is 2.08. The van der Waals surface area contributed by atoms with Gasteiger partial charge < -0.3 is 10.1 Å². The minimum atomic E-state index is -0.132. The number of aromatic nitrogens is 3. The SMILES string of the molecule is COc1ccccc1NC(=O)CSc1ccc(-c2cccnc2)nn1. The van der Waals surface area contributed by atoms with Crippen LogP contribution in [-0.4, -0.2) is 34.0 Å². The summed E-state index contributed by atoms with van der Waals surface area (Å²) < 4.78 is 5.22. The molecule has 1 amide bonds. The number of hydrogen-bond acceptors (Lipinski definition) is 6. The highest BCUT2D eigenvalue weighted by molar-refractivity contribution is 7.99. The molecule has 7 heteroatoms. The molecule has 1 aromatic carbocycles. The minimum Gasteiger partial charge on any atom is -0.495 e. The van der Waals surface area contributed by atoms with Gasteiger partial charge in [-0.3, -0.25) is 9.78 Å². The molecule has 6 nitrogen and oxygen atoms in total. The van der Waals surface area contributed by atoms with Crippen molar-refractivity contribution < 1.29 is 9.53 Å². The predicted octanol–water partition coefficient (Wildman–Crippen LogP) is 3.28. The number of methoxy groups -OCH3 is 1. The van der Waals surface area contributed by atoms with Crippen LogP contribution in [0.4, 0.5) is 5.69 Å². The van der Waals surface area contributed by atoms with E-state index in [-0.39, 0.29) is 11.7 Å². The zero-order valence-corrected chi connectivity index (χ0v) is 14.4. The molecule has 0 unspecified atom stereocenters. The van der Waals surface area contributed by atoms with Gasteiger partial charge in [-0.15, -0.1) is 10.2 Å². The number of thioether (sulfide) groups is 1. The molecule has 0 saturated carbocycles. The minimum absolute atomic E-state index is 0.132. The third-order valence-corrected chi connectivity index (χ3v) is 4.25. The lowest BCUT2D eigenvalue weighted by atomic mass is 10.2. The van der Waals surface area contributed by atoms with E-state index in [1.807, 2.05) is 36.4 Å². The molecule has 1 N–H and O–H groups in total. The Balaban J connectivity index is 1.57. The number of hydrogen-bond donors (Lipinski definition) is 1. The average molecular weight is 352 g/mol. The molecule has 2 aromatic heterocycles. The number of nitrogens with one attached hydrogen (secondary N) is 1. The van der Waals surface area contributed by atoms with Crippen molar-refractivity contribution in [1.29, 1.82) is 0 Å². The van der Waals surface area contributed by atoms with Gasteiger partial charge in [-0.25, -0.2) is 0 Å². The number of para-hydroxylation sites is 2. The van der Waals surface area contributed by atoms with Crippen LogP contribution in [0.3, 0.4) is 0 Å². The number of amides is 1. The van der Waals surface area contributed by atoms with Gasteiger partial charge in [-0.05, 0) is 36.4 Å². The molecule has 3 aromatic rings. The van der Waals surface area contributed by atoms with Crippen molar-refractivity contribution in [2.24, 2.45) is 0 Å². The summed E-state index contributed by atoms with van der Waals surface area (Å²) in [4.78, 5) is 16.2. The van der Waals surface area contributed by atoms with Gasteiger partial charge in [-0.2, -0.15) is 0 Å². The maximum Gasteiger partial charge on any atom is 0.234 e. The Morgan fingerprint density at radius 1 is 1.12 bits per heavy atom. The average Bonchev–Trinajstić information content (AvgIpc) is 2.68. The maximum absolute atomic E-state index is 12.1. The van der Waals surface area contributed by atoms with E-state index in [1.165, 1.54) is 11.8 Å². The summed E-state index contributed by atoms with van der Waals surface area (Å²) in [5.41, 5.74) is 2.30. The fraction of sp³-hybridized carbons (Fsp3) is 0.111. The maximum atomic E-state index is 12.1. The molecule has 0 spiro atoms.